The second kappa shape index (κ2) is 12.7. The van der Waals surface area contributed by atoms with Crippen molar-refractivity contribution in [1.82, 2.24) is 4.90 Å². The van der Waals surface area contributed by atoms with Gasteiger partial charge in [-0.1, -0.05) is 52.4 Å². The van der Waals surface area contributed by atoms with Crippen LogP contribution in [0.2, 0.25) is 0 Å². The van der Waals surface area contributed by atoms with E-state index >= 15 is 0 Å². The van der Waals surface area contributed by atoms with Crippen LogP contribution in [0.3, 0.4) is 0 Å². The number of halogens is 1. The average molecular weight is 467 g/mol. The molecule has 2 fully saturated rings. The molecule has 0 N–H and O–H groups in total. The molecule has 1 amide bonds. The van der Waals surface area contributed by atoms with E-state index in [4.69, 9.17) is 11.7 Å². The second-order valence-corrected chi connectivity index (χ2v) is 10.3. The summed E-state index contributed by atoms with van der Waals surface area (Å²) in [4.78, 5) is 15.2. The Morgan fingerprint density at radius 2 is 1.73 bits per heavy atom. The lowest BCUT2D eigenvalue weighted by atomic mass is 9.86. The molecule has 2 aliphatic rings. The van der Waals surface area contributed by atoms with Crippen LogP contribution in [-0.4, -0.2) is 28.3 Å². The predicted molar refractivity (Wildman–Crippen MR) is 137 cm³/mol. The molecule has 3 nitrogen and oxygen atoms in total. The molecule has 0 radical (unpaired) electrons. The van der Waals surface area contributed by atoms with E-state index in [1.165, 1.54) is 0 Å². The van der Waals surface area contributed by atoms with E-state index in [1.54, 1.807) is 13.0 Å². The van der Waals surface area contributed by atoms with Crippen LogP contribution in [-0.2, 0) is 0 Å². The Morgan fingerprint density at radius 1 is 1.18 bits per heavy atom. The van der Waals surface area contributed by atoms with Crippen molar-refractivity contribution < 1.29 is 9.18 Å². The highest BCUT2D eigenvalue weighted by Crippen LogP contribution is 2.38. The molecule has 0 saturated heterocycles. The number of carbonyl (C=O) groups excluding carboxylic acids is 1. The van der Waals surface area contributed by atoms with E-state index in [1.807, 2.05) is 56.3 Å². The lowest BCUT2D eigenvalue weighted by Gasteiger charge is -2.36. The van der Waals surface area contributed by atoms with Crippen LogP contribution >= 0.6 is 9.24 Å². The quantitative estimate of drug-likeness (QED) is 0.263. The van der Waals surface area contributed by atoms with Crippen LogP contribution in [0.15, 0.2) is 48.6 Å². The predicted octanol–water partition coefficient (Wildman–Crippen LogP) is 6.79. The highest BCUT2D eigenvalue weighted by atomic mass is 31.0. The van der Waals surface area contributed by atoms with Crippen LogP contribution in [0.1, 0.15) is 81.1 Å². The number of hydrogen-bond donors (Lipinski definition) is 0. The number of allylic oxidation sites excluding steroid dienone is 4. The first kappa shape index (κ1) is 26.8. The molecule has 33 heavy (non-hydrogen) atoms. The molecular weight excluding hydrogens is 430 g/mol. The van der Waals surface area contributed by atoms with Gasteiger partial charge in [0, 0.05) is 29.5 Å². The van der Waals surface area contributed by atoms with Crippen LogP contribution in [0.5, 0.6) is 0 Å². The minimum absolute atomic E-state index is 0.0843. The van der Waals surface area contributed by atoms with Gasteiger partial charge < -0.3 is 4.90 Å². The molecule has 176 valence electrons. The topological polar surface area (TPSA) is 44.1 Å². The maximum Gasteiger partial charge on any atom is 0.254 e. The number of amides is 1. The van der Waals surface area contributed by atoms with Crippen molar-refractivity contribution in [2.75, 3.05) is 0 Å². The Morgan fingerprint density at radius 3 is 2.15 bits per heavy atom. The van der Waals surface area contributed by atoms with E-state index in [0.717, 1.165) is 44.1 Å². The summed E-state index contributed by atoms with van der Waals surface area (Å²) in [5, 5.41) is 7.72. The minimum Gasteiger partial charge on any atom is -0.333 e. The van der Waals surface area contributed by atoms with E-state index in [0.29, 0.717) is 11.6 Å². The van der Waals surface area contributed by atoms with Gasteiger partial charge in [0.15, 0.2) is 0 Å². The van der Waals surface area contributed by atoms with Crippen molar-refractivity contribution in [2.24, 2.45) is 5.92 Å². The number of carbonyl (C=O) groups is 1. The number of benzene rings is 1. The molecule has 0 heterocycles. The molecular formula is C28H36FN2OP. The zero-order chi connectivity index (χ0) is 24.4. The summed E-state index contributed by atoms with van der Waals surface area (Å²) in [5.74, 6) is 2.35. The van der Waals surface area contributed by atoms with Gasteiger partial charge >= 0.3 is 0 Å². The number of hydrogen-bond acceptors (Lipinski definition) is 2. The average Bonchev–Trinajstić information content (AvgIpc) is 3.64. The highest BCUT2D eigenvalue weighted by molar-refractivity contribution is 7.18. The van der Waals surface area contributed by atoms with Gasteiger partial charge in [-0.3, -0.25) is 4.79 Å². The summed E-state index contributed by atoms with van der Waals surface area (Å²) in [6.07, 6.45) is 17.9. The monoisotopic (exact) mass is 466 g/mol. The Kier molecular flexibility index (Phi) is 10.3. The largest absolute Gasteiger partial charge is 0.333 e. The number of rotatable bonds is 6. The lowest BCUT2D eigenvalue weighted by Crippen LogP contribution is -2.43. The number of nitrogens with zero attached hydrogens (tertiary/aromatic N) is 2. The molecule has 2 saturated carbocycles. The van der Waals surface area contributed by atoms with Crippen molar-refractivity contribution >= 4 is 15.1 Å². The first-order valence-electron chi connectivity index (χ1n) is 11.8. The Balaban J connectivity index is 0.000000479. The third-order valence-corrected chi connectivity index (χ3v) is 6.95. The Hall–Kier alpha value is -2.42. The fraction of sp³-hybridized carbons (Fsp3) is 0.500. The third-order valence-electron chi connectivity index (χ3n) is 6.45. The zero-order valence-corrected chi connectivity index (χ0v) is 21.2. The molecule has 3 unspecified atom stereocenters. The van der Waals surface area contributed by atoms with Gasteiger partial charge in [0.2, 0.25) is 0 Å². The van der Waals surface area contributed by atoms with Gasteiger partial charge in [0.1, 0.15) is 5.41 Å². The summed E-state index contributed by atoms with van der Waals surface area (Å²) in [5.41, 5.74) is 1.58. The van der Waals surface area contributed by atoms with Gasteiger partial charge in [-0.15, -0.1) is 6.42 Å². The van der Waals surface area contributed by atoms with Gasteiger partial charge in [-0.25, -0.2) is 4.39 Å². The van der Waals surface area contributed by atoms with Gasteiger partial charge in [-0.05, 0) is 76.1 Å². The minimum atomic E-state index is -1.37. The van der Waals surface area contributed by atoms with Crippen molar-refractivity contribution in [3.63, 3.8) is 0 Å². The van der Waals surface area contributed by atoms with Crippen LogP contribution in [0, 0.1) is 29.6 Å². The molecule has 2 aliphatic carbocycles. The fourth-order valence-electron chi connectivity index (χ4n) is 4.08. The van der Waals surface area contributed by atoms with E-state index in [2.05, 4.69) is 26.1 Å². The van der Waals surface area contributed by atoms with Gasteiger partial charge in [-0.2, -0.15) is 5.26 Å². The van der Waals surface area contributed by atoms with Gasteiger partial charge in [0.25, 0.3) is 5.91 Å². The molecule has 5 heteroatoms. The molecule has 1 aromatic carbocycles. The first-order chi connectivity index (χ1) is 15.7. The van der Waals surface area contributed by atoms with E-state index in [-0.39, 0.29) is 23.8 Å². The normalized spacial score (nSPS) is 23.0. The number of terminal acetylenes is 1. The molecule has 3 atom stereocenters. The van der Waals surface area contributed by atoms with Crippen LogP contribution < -0.4 is 0 Å². The third kappa shape index (κ3) is 8.14. The summed E-state index contributed by atoms with van der Waals surface area (Å²) in [6.45, 7) is 5.35. The Labute approximate surface area is 201 Å². The maximum atomic E-state index is 14.1. The van der Waals surface area contributed by atoms with Crippen molar-refractivity contribution in [3.8, 4) is 18.4 Å². The summed E-state index contributed by atoms with van der Waals surface area (Å²) < 4.78 is 14.1. The maximum absolute atomic E-state index is 14.1. The van der Waals surface area contributed by atoms with E-state index in [9.17, 15) is 9.18 Å². The first-order valence-corrected chi connectivity index (χ1v) is 12.3. The highest BCUT2D eigenvalue weighted by Gasteiger charge is 2.39. The van der Waals surface area contributed by atoms with Crippen LogP contribution in [0.4, 0.5) is 4.39 Å². The van der Waals surface area contributed by atoms with Crippen molar-refractivity contribution in [2.45, 2.75) is 82.7 Å². The summed E-state index contributed by atoms with van der Waals surface area (Å²) in [6, 6.07) is 10.4. The van der Waals surface area contributed by atoms with Gasteiger partial charge in [0.05, 0.1) is 6.07 Å². The smallest absolute Gasteiger partial charge is 0.254 e. The SMILES string of the molecule is C#C/C=C\C=C/C.CC(c1ccc(C(=O)N(C2CCC(C#N)CC2)C2CC2)cc1)C(C)(F)P. The molecule has 1 aromatic rings. The molecule has 3 rings (SSSR count). The molecule has 0 bridgehead atoms. The molecule has 0 aromatic heterocycles. The molecule has 0 spiro atoms. The number of alkyl halides is 1. The van der Waals surface area contributed by atoms with E-state index < -0.39 is 5.41 Å². The van der Waals surface area contributed by atoms with Crippen molar-refractivity contribution in [3.05, 3.63) is 59.7 Å². The second-order valence-electron chi connectivity index (χ2n) is 9.12. The zero-order valence-electron chi connectivity index (χ0n) is 20.0. The summed E-state index contributed by atoms with van der Waals surface area (Å²) >= 11 is 0. The fourth-order valence-corrected chi connectivity index (χ4v) is 4.27. The lowest BCUT2D eigenvalue weighted by molar-refractivity contribution is 0.0601. The number of nitriles is 1. The Bertz CT molecular complexity index is 905. The van der Waals surface area contributed by atoms with Crippen LogP contribution in [0.25, 0.3) is 0 Å². The molecule has 0 aliphatic heterocycles. The standard InChI is InChI=1S/C21H28FN2OP.C7H8/c1-14(21(2,22)26)16-5-7-17(8-6-16)20(25)24(19-11-12-19)18-9-3-15(13-23)4-10-18;1-3-5-7-6-4-2/h5-8,14-15,18-19H,3-4,9-12,26H2,1-2H3;1,4-7H,2H3/b;6-4-,7-5-. The summed E-state index contributed by atoms with van der Waals surface area (Å²) in [7, 11) is 2.25. The van der Waals surface area contributed by atoms with Crippen molar-refractivity contribution in [1.29, 1.82) is 5.26 Å².